The van der Waals surface area contributed by atoms with E-state index in [9.17, 15) is 10.1 Å². The lowest BCUT2D eigenvalue weighted by Gasteiger charge is -2.53. The highest BCUT2D eigenvalue weighted by molar-refractivity contribution is 6.32. The van der Waals surface area contributed by atoms with E-state index in [1.807, 2.05) is 0 Å². The zero-order valence-electron chi connectivity index (χ0n) is 11.6. The van der Waals surface area contributed by atoms with Gasteiger partial charge in [-0.25, -0.2) is 0 Å². The average molecular weight is 299 g/mol. The summed E-state index contributed by atoms with van der Waals surface area (Å²) in [6.07, 6.45) is 2.70. The molecule has 0 bridgehead atoms. The number of nitrogens with two attached hydrogens (primary N) is 1. The Kier molecular flexibility index (Phi) is 4.20. The third kappa shape index (κ3) is 2.36. The topological polar surface area (TPSA) is 78.4 Å². The Balaban J connectivity index is 2.17. The minimum atomic E-state index is -0.475. The van der Waals surface area contributed by atoms with Crippen LogP contribution in [0.2, 0.25) is 5.02 Å². The molecule has 1 aromatic carbocycles. The van der Waals surface area contributed by atoms with Gasteiger partial charge in [0.05, 0.1) is 9.95 Å². The van der Waals surface area contributed by atoms with E-state index in [1.165, 1.54) is 12.1 Å². The maximum absolute atomic E-state index is 10.7. The molecule has 2 N–H and O–H groups in total. The van der Waals surface area contributed by atoms with Crippen LogP contribution in [0.4, 0.5) is 5.69 Å². The average Bonchev–Trinajstić information content (AvgIpc) is 2.41. The van der Waals surface area contributed by atoms with E-state index >= 15 is 0 Å². The zero-order valence-corrected chi connectivity index (χ0v) is 12.4. The number of halogens is 1. The predicted octanol–water partition coefficient (Wildman–Crippen LogP) is 3.53. The van der Waals surface area contributed by atoms with Crippen molar-refractivity contribution in [1.29, 1.82) is 0 Å². The highest BCUT2D eigenvalue weighted by Crippen LogP contribution is 2.48. The number of benzene rings is 1. The maximum Gasteiger partial charge on any atom is 0.271 e. The van der Waals surface area contributed by atoms with Gasteiger partial charge in [-0.15, -0.1) is 0 Å². The monoisotopic (exact) mass is 298 g/mol. The number of hydrogen-bond acceptors (Lipinski definition) is 4. The molecule has 1 aliphatic rings. The van der Waals surface area contributed by atoms with E-state index in [2.05, 4.69) is 13.8 Å². The second-order valence-corrected chi connectivity index (χ2v) is 5.67. The van der Waals surface area contributed by atoms with E-state index in [4.69, 9.17) is 22.1 Å². The van der Waals surface area contributed by atoms with Crippen molar-refractivity contribution < 1.29 is 9.66 Å². The van der Waals surface area contributed by atoms with Gasteiger partial charge < -0.3 is 10.5 Å². The standard InChI is InChI=1S/C14H19ClN2O3/c1-3-14(4-2)12(16)8-13(14)20-11-6-5-9(17(18)19)7-10(11)15/h5-7,12-13H,3-4,8,16H2,1-2H3. The number of nitrogens with zero attached hydrogens (tertiary/aromatic N) is 1. The number of ether oxygens (including phenoxy) is 1. The van der Waals surface area contributed by atoms with Crippen molar-refractivity contribution in [2.45, 2.75) is 45.3 Å². The number of non-ortho nitro benzene ring substituents is 1. The molecular formula is C14H19ClN2O3. The summed E-state index contributed by atoms with van der Waals surface area (Å²) >= 11 is 6.05. The largest absolute Gasteiger partial charge is 0.488 e. The summed E-state index contributed by atoms with van der Waals surface area (Å²) in [7, 11) is 0. The molecule has 0 radical (unpaired) electrons. The second-order valence-electron chi connectivity index (χ2n) is 5.26. The molecule has 1 aliphatic carbocycles. The fraction of sp³-hybridized carbons (Fsp3) is 0.571. The Labute approximate surface area is 123 Å². The molecule has 110 valence electrons. The molecule has 5 nitrogen and oxygen atoms in total. The fourth-order valence-electron chi connectivity index (χ4n) is 3.03. The van der Waals surface area contributed by atoms with Crippen LogP contribution in [0.1, 0.15) is 33.1 Å². The Hall–Kier alpha value is -1.33. The second kappa shape index (κ2) is 5.58. The van der Waals surface area contributed by atoms with Crippen molar-refractivity contribution in [2.75, 3.05) is 0 Å². The molecule has 1 saturated carbocycles. The minimum absolute atomic E-state index is 0.0199. The van der Waals surface area contributed by atoms with Gasteiger partial charge in [-0.3, -0.25) is 10.1 Å². The summed E-state index contributed by atoms with van der Waals surface area (Å²) in [5.41, 5.74) is 6.06. The van der Waals surface area contributed by atoms with Crippen molar-refractivity contribution in [3.63, 3.8) is 0 Å². The molecule has 0 aliphatic heterocycles. The highest BCUT2D eigenvalue weighted by Gasteiger charge is 2.52. The van der Waals surface area contributed by atoms with Crippen LogP contribution in [0, 0.1) is 15.5 Å². The van der Waals surface area contributed by atoms with Gasteiger partial charge in [0.1, 0.15) is 11.9 Å². The van der Waals surface area contributed by atoms with Gasteiger partial charge in [0.15, 0.2) is 0 Å². The molecule has 0 heterocycles. The Bertz CT molecular complexity index is 517. The zero-order chi connectivity index (χ0) is 14.9. The summed E-state index contributed by atoms with van der Waals surface area (Å²) in [4.78, 5) is 10.2. The van der Waals surface area contributed by atoms with Crippen LogP contribution in [0.25, 0.3) is 0 Å². The first-order chi connectivity index (χ1) is 9.44. The lowest BCUT2D eigenvalue weighted by molar-refractivity contribution is -0.384. The first kappa shape index (κ1) is 15.1. The Morgan fingerprint density at radius 2 is 2.15 bits per heavy atom. The molecule has 2 unspecified atom stereocenters. The van der Waals surface area contributed by atoms with Crippen LogP contribution in [-0.4, -0.2) is 17.1 Å². The molecule has 2 rings (SSSR count). The van der Waals surface area contributed by atoms with Crippen LogP contribution in [0.5, 0.6) is 5.75 Å². The van der Waals surface area contributed by atoms with Gasteiger partial charge in [-0.2, -0.15) is 0 Å². The molecule has 20 heavy (non-hydrogen) atoms. The molecule has 0 aromatic heterocycles. The Morgan fingerprint density at radius 3 is 2.60 bits per heavy atom. The fourth-order valence-corrected chi connectivity index (χ4v) is 3.25. The van der Waals surface area contributed by atoms with E-state index in [0.29, 0.717) is 5.75 Å². The number of hydrogen-bond donors (Lipinski definition) is 1. The first-order valence-electron chi connectivity index (χ1n) is 6.80. The SMILES string of the molecule is CCC1(CC)C(N)CC1Oc1ccc([N+](=O)[O-])cc1Cl. The van der Waals surface area contributed by atoms with Gasteiger partial charge in [-0.1, -0.05) is 25.4 Å². The molecule has 0 spiro atoms. The number of nitro groups is 1. The van der Waals surface area contributed by atoms with Gasteiger partial charge in [0, 0.05) is 30.0 Å². The molecule has 0 amide bonds. The summed E-state index contributed by atoms with van der Waals surface area (Å²) in [6, 6.07) is 4.41. The van der Waals surface area contributed by atoms with Crippen LogP contribution >= 0.6 is 11.6 Å². The summed E-state index contributed by atoms with van der Waals surface area (Å²) < 4.78 is 5.95. The normalized spacial score (nSPS) is 24.0. The number of rotatable bonds is 5. The van der Waals surface area contributed by atoms with Crippen LogP contribution in [0.3, 0.4) is 0 Å². The van der Waals surface area contributed by atoms with E-state index in [0.717, 1.165) is 19.3 Å². The molecule has 1 aromatic rings. The molecule has 2 atom stereocenters. The quantitative estimate of drug-likeness (QED) is 0.666. The lowest BCUT2D eigenvalue weighted by Crippen LogP contribution is -2.62. The van der Waals surface area contributed by atoms with E-state index in [1.54, 1.807) is 6.07 Å². The molecule has 6 heteroatoms. The highest BCUT2D eigenvalue weighted by atomic mass is 35.5. The Morgan fingerprint density at radius 1 is 1.50 bits per heavy atom. The molecule has 0 saturated heterocycles. The van der Waals surface area contributed by atoms with Crippen molar-refractivity contribution in [3.05, 3.63) is 33.3 Å². The summed E-state index contributed by atoms with van der Waals surface area (Å²) in [6.45, 7) is 4.21. The molecule has 1 fully saturated rings. The van der Waals surface area contributed by atoms with Gasteiger partial charge >= 0.3 is 0 Å². The van der Waals surface area contributed by atoms with E-state index < -0.39 is 4.92 Å². The van der Waals surface area contributed by atoms with Crippen molar-refractivity contribution in [1.82, 2.24) is 0 Å². The lowest BCUT2D eigenvalue weighted by atomic mass is 9.59. The minimum Gasteiger partial charge on any atom is -0.488 e. The van der Waals surface area contributed by atoms with Crippen LogP contribution in [0.15, 0.2) is 18.2 Å². The summed E-state index contributed by atoms with van der Waals surface area (Å²) in [5.74, 6) is 0.487. The van der Waals surface area contributed by atoms with Crippen LogP contribution in [-0.2, 0) is 0 Å². The van der Waals surface area contributed by atoms with E-state index in [-0.39, 0.29) is 28.3 Å². The van der Waals surface area contributed by atoms with Gasteiger partial charge in [-0.05, 0) is 18.9 Å². The number of nitro benzene ring substituents is 1. The predicted molar refractivity (Wildman–Crippen MR) is 78.1 cm³/mol. The van der Waals surface area contributed by atoms with Crippen molar-refractivity contribution in [3.8, 4) is 5.75 Å². The third-order valence-electron chi connectivity index (χ3n) is 4.56. The molecular weight excluding hydrogens is 280 g/mol. The van der Waals surface area contributed by atoms with Crippen molar-refractivity contribution >= 4 is 17.3 Å². The summed E-state index contributed by atoms with van der Waals surface area (Å²) in [5, 5.41) is 10.9. The van der Waals surface area contributed by atoms with Gasteiger partial charge in [0.25, 0.3) is 5.69 Å². The first-order valence-corrected chi connectivity index (χ1v) is 7.18. The smallest absolute Gasteiger partial charge is 0.271 e. The third-order valence-corrected chi connectivity index (χ3v) is 4.86. The van der Waals surface area contributed by atoms with Crippen LogP contribution < -0.4 is 10.5 Å². The maximum atomic E-state index is 10.7. The van der Waals surface area contributed by atoms with Gasteiger partial charge in [0.2, 0.25) is 0 Å². The van der Waals surface area contributed by atoms with Crippen molar-refractivity contribution in [2.24, 2.45) is 11.1 Å².